The molecule has 3 aromatic rings. The van der Waals surface area contributed by atoms with E-state index in [0.29, 0.717) is 17.2 Å². The number of ether oxygens (including phenoxy) is 1. The van der Waals surface area contributed by atoms with Crippen molar-refractivity contribution >= 4 is 29.6 Å². The number of hydrazone groups is 1. The summed E-state index contributed by atoms with van der Waals surface area (Å²) in [7, 11) is 0. The molecule has 0 aliphatic carbocycles. The molecule has 0 bridgehead atoms. The molecular formula is C27H28ClN3O3. The van der Waals surface area contributed by atoms with Crippen molar-refractivity contribution in [2.24, 2.45) is 11.0 Å². The minimum atomic E-state index is -0.738. The second kappa shape index (κ2) is 12.0. The number of nitrogens with zero attached hydrogens (tertiary/aromatic N) is 1. The van der Waals surface area contributed by atoms with Crippen LogP contribution in [0.1, 0.15) is 40.9 Å². The molecule has 7 heteroatoms. The van der Waals surface area contributed by atoms with Crippen LogP contribution < -0.4 is 15.5 Å². The highest BCUT2D eigenvalue weighted by molar-refractivity contribution is 6.30. The van der Waals surface area contributed by atoms with Crippen LogP contribution in [0.15, 0.2) is 77.9 Å². The summed E-state index contributed by atoms with van der Waals surface area (Å²) in [5.41, 5.74) is 6.04. The number of benzene rings is 3. The van der Waals surface area contributed by atoms with Gasteiger partial charge in [0.2, 0.25) is 0 Å². The van der Waals surface area contributed by atoms with Gasteiger partial charge in [0.25, 0.3) is 11.8 Å². The number of nitrogens with one attached hydrogen (secondary N) is 2. The minimum absolute atomic E-state index is 0.128. The van der Waals surface area contributed by atoms with E-state index in [9.17, 15) is 9.59 Å². The summed E-state index contributed by atoms with van der Waals surface area (Å²) in [4.78, 5) is 25.1. The maximum absolute atomic E-state index is 12.6. The van der Waals surface area contributed by atoms with E-state index >= 15 is 0 Å². The van der Waals surface area contributed by atoms with E-state index in [1.165, 1.54) is 5.56 Å². The Morgan fingerprint density at radius 1 is 1.03 bits per heavy atom. The summed E-state index contributed by atoms with van der Waals surface area (Å²) in [5, 5.41) is 7.33. The number of hydrogen-bond donors (Lipinski definition) is 2. The Kier molecular flexibility index (Phi) is 8.82. The van der Waals surface area contributed by atoms with Gasteiger partial charge in [-0.1, -0.05) is 55.3 Å². The molecule has 6 nitrogen and oxygen atoms in total. The lowest BCUT2D eigenvalue weighted by atomic mass is 10.0. The highest BCUT2D eigenvalue weighted by atomic mass is 35.5. The lowest BCUT2D eigenvalue weighted by Crippen LogP contribution is -2.48. The summed E-state index contributed by atoms with van der Waals surface area (Å²) in [5.74, 6) is -0.133. The quantitative estimate of drug-likeness (QED) is 0.331. The number of hydrogen-bond acceptors (Lipinski definition) is 4. The van der Waals surface area contributed by atoms with Gasteiger partial charge >= 0.3 is 0 Å². The van der Waals surface area contributed by atoms with Gasteiger partial charge in [-0.25, -0.2) is 5.43 Å². The molecule has 0 spiro atoms. The second-order valence-corrected chi connectivity index (χ2v) is 8.72. The fourth-order valence-electron chi connectivity index (χ4n) is 3.22. The van der Waals surface area contributed by atoms with E-state index in [2.05, 4.69) is 21.9 Å². The average molecular weight is 478 g/mol. The summed E-state index contributed by atoms with van der Waals surface area (Å²) in [6, 6.07) is 21.3. The molecule has 0 aliphatic rings. The largest absolute Gasteiger partial charge is 0.489 e. The number of carbonyl (C=O) groups is 2. The van der Waals surface area contributed by atoms with E-state index < -0.39 is 11.9 Å². The third-order valence-corrected chi connectivity index (χ3v) is 5.35. The summed E-state index contributed by atoms with van der Waals surface area (Å²) < 4.78 is 5.82. The molecule has 34 heavy (non-hydrogen) atoms. The maximum atomic E-state index is 12.6. The van der Waals surface area contributed by atoms with Gasteiger partial charge in [-0.05, 0) is 72.5 Å². The SMILES string of the molecule is Cc1cccc(COc2ccc(/C=N\NC(=O)C(NC(=O)c3ccc(Cl)cc3)C(C)C)cc2)c1. The molecule has 1 atom stereocenters. The molecule has 0 aromatic heterocycles. The molecule has 3 aromatic carbocycles. The van der Waals surface area contributed by atoms with Crippen LogP contribution in [-0.4, -0.2) is 24.1 Å². The fourth-order valence-corrected chi connectivity index (χ4v) is 3.35. The van der Waals surface area contributed by atoms with Crippen LogP contribution in [0.4, 0.5) is 0 Å². The summed E-state index contributed by atoms with van der Waals surface area (Å²) in [6.45, 7) is 6.24. The zero-order valence-electron chi connectivity index (χ0n) is 19.4. The van der Waals surface area contributed by atoms with E-state index in [1.807, 2.05) is 63.2 Å². The van der Waals surface area contributed by atoms with Crippen molar-refractivity contribution in [1.82, 2.24) is 10.7 Å². The Morgan fingerprint density at radius 2 is 1.74 bits per heavy atom. The normalized spacial score (nSPS) is 11.9. The smallest absolute Gasteiger partial charge is 0.262 e. The monoisotopic (exact) mass is 477 g/mol. The van der Waals surface area contributed by atoms with Gasteiger partial charge in [0, 0.05) is 10.6 Å². The van der Waals surface area contributed by atoms with E-state index in [4.69, 9.17) is 16.3 Å². The van der Waals surface area contributed by atoms with Crippen molar-refractivity contribution in [3.8, 4) is 5.75 Å². The number of carbonyl (C=O) groups excluding carboxylic acids is 2. The molecule has 1 unspecified atom stereocenters. The first-order valence-electron chi connectivity index (χ1n) is 11.0. The second-order valence-electron chi connectivity index (χ2n) is 8.28. The molecular weight excluding hydrogens is 450 g/mol. The topological polar surface area (TPSA) is 79.8 Å². The molecule has 2 N–H and O–H groups in total. The molecule has 0 saturated heterocycles. The molecule has 3 rings (SSSR count). The van der Waals surface area contributed by atoms with Crippen LogP contribution in [0.25, 0.3) is 0 Å². The molecule has 0 aliphatic heterocycles. The van der Waals surface area contributed by atoms with Crippen LogP contribution in [0.2, 0.25) is 5.02 Å². The van der Waals surface area contributed by atoms with Gasteiger partial charge in [0.05, 0.1) is 6.21 Å². The zero-order valence-corrected chi connectivity index (χ0v) is 20.2. The van der Waals surface area contributed by atoms with Crippen LogP contribution >= 0.6 is 11.6 Å². The Balaban J connectivity index is 1.52. The van der Waals surface area contributed by atoms with Crippen LogP contribution in [0.3, 0.4) is 0 Å². The highest BCUT2D eigenvalue weighted by Crippen LogP contribution is 2.14. The Hall–Kier alpha value is -3.64. The Bertz CT molecular complexity index is 1140. The first-order chi connectivity index (χ1) is 16.3. The zero-order chi connectivity index (χ0) is 24.5. The lowest BCUT2D eigenvalue weighted by Gasteiger charge is -2.20. The number of halogens is 1. The van der Waals surface area contributed by atoms with Gasteiger partial charge in [0.15, 0.2) is 0 Å². The van der Waals surface area contributed by atoms with Crippen molar-refractivity contribution < 1.29 is 14.3 Å². The number of aryl methyl sites for hydroxylation is 1. The van der Waals surface area contributed by atoms with Gasteiger partial charge in [-0.2, -0.15) is 5.10 Å². The van der Waals surface area contributed by atoms with Gasteiger partial charge in [0.1, 0.15) is 18.4 Å². The van der Waals surface area contributed by atoms with Crippen LogP contribution in [-0.2, 0) is 11.4 Å². The van der Waals surface area contributed by atoms with Gasteiger partial charge in [-0.3, -0.25) is 9.59 Å². The van der Waals surface area contributed by atoms with E-state index in [-0.39, 0.29) is 11.8 Å². The van der Waals surface area contributed by atoms with Crippen LogP contribution in [0, 0.1) is 12.8 Å². The molecule has 0 heterocycles. The van der Waals surface area contributed by atoms with Crippen molar-refractivity contribution in [3.63, 3.8) is 0 Å². The fraction of sp³-hybridized carbons (Fsp3) is 0.222. The van der Waals surface area contributed by atoms with Gasteiger partial charge < -0.3 is 10.1 Å². The third kappa shape index (κ3) is 7.46. The summed E-state index contributed by atoms with van der Waals surface area (Å²) >= 11 is 5.87. The average Bonchev–Trinajstić information content (AvgIpc) is 2.82. The van der Waals surface area contributed by atoms with Crippen molar-refractivity contribution in [1.29, 1.82) is 0 Å². The predicted molar refractivity (Wildman–Crippen MR) is 135 cm³/mol. The Morgan fingerprint density at radius 3 is 2.38 bits per heavy atom. The predicted octanol–water partition coefficient (Wildman–Crippen LogP) is 5.13. The molecule has 0 fully saturated rings. The minimum Gasteiger partial charge on any atom is -0.489 e. The molecule has 176 valence electrons. The maximum Gasteiger partial charge on any atom is 0.262 e. The number of amides is 2. The Labute approximate surface area is 205 Å². The van der Waals surface area contributed by atoms with Crippen LogP contribution in [0.5, 0.6) is 5.75 Å². The highest BCUT2D eigenvalue weighted by Gasteiger charge is 2.24. The number of rotatable bonds is 9. The first kappa shape index (κ1) is 25.0. The van der Waals surface area contributed by atoms with Crippen molar-refractivity contribution in [2.75, 3.05) is 0 Å². The van der Waals surface area contributed by atoms with Crippen molar-refractivity contribution in [2.45, 2.75) is 33.4 Å². The molecule has 2 amide bonds. The molecule has 0 radical (unpaired) electrons. The van der Waals surface area contributed by atoms with E-state index in [1.54, 1.807) is 30.5 Å². The lowest BCUT2D eigenvalue weighted by molar-refractivity contribution is -0.123. The third-order valence-electron chi connectivity index (χ3n) is 5.10. The standard InChI is InChI=1S/C27H28ClN3O3/c1-18(2)25(30-26(32)22-9-11-23(28)12-10-22)27(33)31-29-16-20-7-13-24(14-8-20)34-17-21-6-4-5-19(3)15-21/h4-16,18,25H,17H2,1-3H3,(H,30,32)(H,31,33)/b29-16-. The van der Waals surface area contributed by atoms with E-state index in [0.717, 1.165) is 16.9 Å². The first-order valence-corrected chi connectivity index (χ1v) is 11.4. The van der Waals surface area contributed by atoms with Crippen molar-refractivity contribution in [3.05, 3.63) is 100 Å². The van der Waals surface area contributed by atoms with Gasteiger partial charge in [-0.15, -0.1) is 0 Å². The summed E-state index contributed by atoms with van der Waals surface area (Å²) in [6.07, 6.45) is 1.54. The molecule has 0 saturated carbocycles.